The molecule has 1 unspecified atom stereocenters. The second-order valence-electron chi connectivity index (χ2n) is 6.86. The van der Waals surface area contributed by atoms with E-state index in [2.05, 4.69) is 5.32 Å². The Kier molecular flexibility index (Phi) is 5.01. The predicted molar refractivity (Wildman–Crippen MR) is 76.2 cm³/mol. The second-order valence-corrected chi connectivity index (χ2v) is 8.79. The smallest absolute Gasteiger partial charge is 0.238 e. The van der Waals surface area contributed by atoms with E-state index < -0.39 is 16.1 Å². The first-order chi connectivity index (χ1) is 8.53. The molecule has 1 saturated heterocycles. The van der Waals surface area contributed by atoms with Crippen LogP contribution in [0, 0.1) is 11.3 Å². The quantitative estimate of drug-likeness (QED) is 0.846. The summed E-state index contributed by atoms with van der Waals surface area (Å²) in [5, 5.41) is 2.76. The van der Waals surface area contributed by atoms with Crippen LogP contribution in [0.2, 0.25) is 0 Å². The minimum absolute atomic E-state index is 0.0713. The largest absolute Gasteiger partial charge is 0.353 e. The third kappa shape index (κ3) is 4.76. The lowest BCUT2D eigenvalue weighted by Crippen LogP contribution is -2.58. The number of rotatable bonds is 4. The predicted octanol–water partition coefficient (Wildman–Crippen LogP) is 1.21. The summed E-state index contributed by atoms with van der Waals surface area (Å²) in [6, 6.07) is -0.555. The highest BCUT2D eigenvalue weighted by Gasteiger charge is 2.39. The minimum atomic E-state index is -3.40. The molecule has 0 spiro atoms. The number of amides is 1. The van der Waals surface area contributed by atoms with Gasteiger partial charge in [-0.05, 0) is 17.8 Å². The SMILES string of the molecule is CC(C)CC1C(=O)NCCN1S(=O)(=O)CC(C)(C)C. The molecular weight excluding hydrogens is 264 g/mol. The number of nitrogens with one attached hydrogen (secondary N) is 1. The lowest BCUT2D eigenvalue weighted by Gasteiger charge is -2.36. The number of sulfonamides is 1. The van der Waals surface area contributed by atoms with E-state index in [1.54, 1.807) is 0 Å². The summed E-state index contributed by atoms with van der Waals surface area (Å²) >= 11 is 0. The molecule has 5 nitrogen and oxygen atoms in total. The number of hydrogen-bond donors (Lipinski definition) is 1. The van der Waals surface area contributed by atoms with Crippen LogP contribution in [0.5, 0.6) is 0 Å². The molecule has 1 aliphatic rings. The normalized spacial score (nSPS) is 22.6. The molecule has 0 aromatic heterocycles. The second kappa shape index (κ2) is 5.79. The van der Waals surface area contributed by atoms with Crippen LogP contribution < -0.4 is 5.32 Å². The number of piperazine rings is 1. The average Bonchev–Trinajstić information content (AvgIpc) is 2.16. The molecule has 112 valence electrons. The van der Waals surface area contributed by atoms with Gasteiger partial charge in [-0.2, -0.15) is 4.31 Å². The van der Waals surface area contributed by atoms with Crippen molar-refractivity contribution in [1.82, 2.24) is 9.62 Å². The summed E-state index contributed by atoms with van der Waals surface area (Å²) in [5.74, 6) is 0.181. The van der Waals surface area contributed by atoms with Gasteiger partial charge < -0.3 is 5.32 Å². The maximum atomic E-state index is 12.5. The highest BCUT2D eigenvalue weighted by Crippen LogP contribution is 2.23. The van der Waals surface area contributed by atoms with Gasteiger partial charge in [0.2, 0.25) is 15.9 Å². The van der Waals surface area contributed by atoms with E-state index in [1.807, 2.05) is 34.6 Å². The Morgan fingerprint density at radius 3 is 2.42 bits per heavy atom. The maximum Gasteiger partial charge on any atom is 0.238 e. The highest BCUT2D eigenvalue weighted by atomic mass is 32.2. The molecular formula is C13H26N2O3S. The topological polar surface area (TPSA) is 66.5 Å². The van der Waals surface area contributed by atoms with Crippen molar-refractivity contribution in [2.24, 2.45) is 11.3 Å². The van der Waals surface area contributed by atoms with Gasteiger partial charge in [-0.25, -0.2) is 8.42 Å². The summed E-state index contributed by atoms with van der Waals surface area (Å²) in [4.78, 5) is 11.9. The van der Waals surface area contributed by atoms with Gasteiger partial charge in [0.15, 0.2) is 0 Å². The molecule has 6 heteroatoms. The standard InChI is InChI=1S/C13H26N2O3S/c1-10(2)8-11-12(16)14-6-7-15(11)19(17,18)9-13(3,4)5/h10-11H,6-9H2,1-5H3,(H,14,16). The van der Waals surface area contributed by atoms with E-state index in [0.717, 1.165) is 0 Å². The molecule has 1 aliphatic heterocycles. The molecule has 0 aromatic carbocycles. The molecule has 19 heavy (non-hydrogen) atoms. The van der Waals surface area contributed by atoms with Gasteiger partial charge >= 0.3 is 0 Å². The molecule has 0 saturated carbocycles. The zero-order valence-corrected chi connectivity index (χ0v) is 13.4. The molecule has 1 N–H and O–H groups in total. The summed E-state index contributed by atoms with van der Waals surface area (Å²) < 4.78 is 26.4. The van der Waals surface area contributed by atoms with Crippen LogP contribution in [-0.2, 0) is 14.8 Å². The third-order valence-electron chi connectivity index (χ3n) is 2.95. The minimum Gasteiger partial charge on any atom is -0.353 e. The molecule has 1 rings (SSSR count). The summed E-state index contributed by atoms with van der Waals surface area (Å²) in [7, 11) is -3.40. The first kappa shape index (κ1) is 16.4. The van der Waals surface area contributed by atoms with Gasteiger partial charge in [0.05, 0.1) is 5.75 Å². The van der Waals surface area contributed by atoms with Gasteiger partial charge in [0.25, 0.3) is 0 Å². The van der Waals surface area contributed by atoms with Crippen LogP contribution >= 0.6 is 0 Å². The summed E-state index contributed by atoms with van der Waals surface area (Å²) in [6.45, 7) is 10.5. The van der Waals surface area contributed by atoms with Crippen LogP contribution in [-0.4, -0.2) is 43.5 Å². The van der Waals surface area contributed by atoms with Gasteiger partial charge in [0.1, 0.15) is 6.04 Å². The Morgan fingerprint density at radius 1 is 1.37 bits per heavy atom. The molecule has 1 amide bonds. The van der Waals surface area contributed by atoms with Gasteiger partial charge in [0, 0.05) is 13.1 Å². The van der Waals surface area contributed by atoms with Crippen LogP contribution in [0.25, 0.3) is 0 Å². The molecule has 1 atom stereocenters. The zero-order valence-electron chi connectivity index (χ0n) is 12.6. The van der Waals surface area contributed by atoms with Crippen LogP contribution in [0.3, 0.4) is 0 Å². The molecule has 1 heterocycles. The zero-order chi connectivity index (χ0) is 14.8. The van der Waals surface area contributed by atoms with Crippen LogP contribution in [0.1, 0.15) is 41.0 Å². The van der Waals surface area contributed by atoms with E-state index >= 15 is 0 Å². The van der Waals surface area contributed by atoms with Crippen molar-refractivity contribution in [3.05, 3.63) is 0 Å². The van der Waals surface area contributed by atoms with Crippen molar-refractivity contribution in [3.8, 4) is 0 Å². The van der Waals surface area contributed by atoms with Crippen molar-refractivity contribution < 1.29 is 13.2 Å². The molecule has 1 fully saturated rings. The van der Waals surface area contributed by atoms with E-state index in [-0.39, 0.29) is 23.0 Å². The van der Waals surface area contributed by atoms with Crippen molar-refractivity contribution in [2.45, 2.75) is 47.1 Å². The number of carbonyl (C=O) groups is 1. The fraction of sp³-hybridized carbons (Fsp3) is 0.923. The molecule has 0 bridgehead atoms. The number of carbonyl (C=O) groups excluding carboxylic acids is 1. The number of hydrogen-bond acceptors (Lipinski definition) is 3. The number of nitrogens with zero attached hydrogens (tertiary/aromatic N) is 1. The summed E-state index contributed by atoms with van der Waals surface area (Å²) in [5.41, 5.74) is -0.310. The molecule has 0 aromatic rings. The maximum absolute atomic E-state index is 12.5. The van der Waals surface area contributed by atoms with Crippen molar-refractivity contribution in [3.63, 3.8) is 0 Å². The van der Waals surface area contributed by atoms with E-state index in [9.17, 15) is 13.2 Å². The van der Waals surface area contributed by atoms with Crippen molar-refractivity contribution in [1.29, 1.82) is 0 Å². The first-order valence-electron chi connectivity index (χ1n) is 6.80. The Bertz CT molecular complexity index is 424. The van der Waals surface area contributed by atoms with Crippen LogP contribution in [0.15, 0.2) is 0 Å². The van der Waals surface area contributed by atoms with E-state index in [0.29, 0.717) is 19.5 Å². The summed E-state index contributed by atoms with van der Waals surface area (Å²) in [6.07, 6.45) is 0.565. The monoisotopic (exact) mass is 290 g/mol. The average molecular weight is 290 g/mol. The Hall–Kier alpha value is -0.620. The lowest BCUT2D eigenvalue weighted by atomic mass is 10.0. The fourth-order valence-corrected chi connectivity index (χ4v) is 4.53. The Balaban J connectivity index is 2.96. The highest BCUT2D eigenvalue weighted by molar-refractivity contribution is 7.89. The lowest BCUT2D eigenvalue weighted by molar-refractivity contribution is -0.127. The van der Waals surface area contributed by atoms with Gasteiger partial charge in [-0.15, -0.1) is 0 Å². The van der Waals surface area contributed by atoms with Gasteiger partial charge in [-0.1, -0.05) is 34.6 Å². The van der Waals surface area contributed by atoms with Crippen molar-refractivity contribution in [2.75, 3.05) is 18.8 Å². The van der Waals surface area contributed by atoms with Gasteiger partial charge in [-0.3, -0.25) is 4.79 Å². The third-order valence-corrected chi connectivity index (χ3v) is 5.33. The van der Waals surface area contributed by atoms with E-state index in [4.69, 9.17) is 0 Å². The first-order valence-corrected chi connectivity index (χ1v) is 8.41. The molecule has 0 radical (unpaired) electrons. The fourth-order valence-electron chi connectivity index (χ4n) is 2.33. The van der Waals surface area contributed by atoms with Crippen LogP contribution in [0.4, 0.5) is 0 Å². The Labute approximate surface area is 116 Å². The van der Waals surface area contributed by atoms with E-state index in [1.165, 1.54) is 4.31 Å². The molecule has 0 aliphatic carbocycles. The Morgan fingerprint density at radius 2 is 1.95 bits per heavy atom. The van der Waals surface area contributed by atoms with Crippen molar-refractivity contribution >= 4 is 15.9 Å².